The first-order valence-electron chi connectivity index (χ1n) is 2.34. The summed E-state index contributed by atoms with van der Waals surface area (Å²) < 4.78 is 0.322. The maximum atomic E-state index is 10.7. The van der Waals surface area contributed by atoms with Crippen LogP contribution in [0.4, 0.5) is 0 Å². The van der Waals surface area contributed by atoms with Gasteiger partial charge in [-0.05, 0) is 0 Å². The highest BCUT2D eigenvalue weighted by molar-refractivity contribution is 14.0. The molecule has 1 aromatic heterocycles. The van der Waals surface area contributed by atoms with Gasteiger partial charge in [0, 0.05) is 23.6 Å². The highest BCUT2D eigenvalue weighted by Gasteiger charge is 2.04. The molecule has 0 atom stereocenters. The molecule has 0 saturated heterocycles. The van der Waals surface area contributed by atoms with E-state index in [4.69, 9.17) is 23.6 Å². The van der Waals surface area contributed by atoms with Gasteiger partial charge in [0.05, 0.1) is 0 Å². The zero-order chi connectivity index (χ0) is 8.59. The maximum Gasteiger partial charge on any atom is 0.366 e. The van der Waals surface area contributed by atoms with Gasteiger partial charge in [-0.1, -0.05) is 0 Å². The Morgan fingerprint density at radius 1 is 1.00 bits per heavy atom. The van der Waals surface area contributed by atoms with Gasteiger partial charge in [0.25, 0.3) is 0 Å². The van der Waals surface area contributed by atoms with Crippen LogP contribution in [0.15, 0.2) is 14.4 Å². The Balaban J connectivity index is 0.00000121. The number of nitrogens with zero attached hydrogens (tertiary/aromatic N) is 2. The number of halogens is 3. The lowest BCUT2D eigenvalue weighted by atomic mass is 11.0. The third-order valence-corrected chi connectivity index (χ3v) is 1.50. The summed E-state index contributed by atoms with van der Waals surface area (Å²) in [4.78, 5) is 33.4. The van der Waals surface area contributed by atoms with E-state index in [1.165, 1.54) is 0 Å². The number of aromatic nitrogens is 3. The monoisotopic (exact) mass is 325 g/mol. The Labute approximate surface area is 92.0 Å². The minimum Gasteiger partial charge on any atom is -0.257 e. The molecule has 1 heterocycles. The molecule has 0 aliphatic rings. The normalized spacial score (nSPS) is 9.17. The molecular formula is C3H2Cl2IN3O3. The molecule has 0 aliphatic heterocycles. The molecule has 0 aromatic carbocycles. The summed E-state index contributed by atoms with van der Waals surface area (Å²) in [5.74, 6) is 0. The van der Waals surface area contributed by atoms with Crippen molar-refractivity contribution in [3.63, 3.8) is 0 Å². The molecule has 0 radical (unpaired) electrons. The molecular weight excluding hydrogens is 324 g/mol. The van der Waals surface area contributed by atoms with Crippen LogP contribution in [0.25, 0.3) is 0 Å². The molecule has 0 spiro atoms. The van der Waals surface area contributed by atoms with Crippen LogP contribution < -0.4 is 17.1 Å². The van der Waals surface area contributed by atoms with Crippen molar-refractivity contribution in [1.29, 1.82) is 0 Å². The summed E-state index contributed by atoms with van der Waals surface area (Å²) in [6, 6.07) is 0. The Morgan fingerprint density at radius 2 is 1.33 bits per heavy atom. The first-order chi connectivity index (χ1) is 5.04. The fourth-order valence-corrected chi connectivity index (χ4v) is 0.715. The molecule has 68 valence electrons. The first kappa shape index (κ1) is 11.7. The summed E-state index contributed by atoms with van der Waals surface area (Å²) >= 11 is 10.1. The van der Waals surface area contributed by atoms with Gasteiger partial charge in [-0.2, -0.15) is 0 Å². The van der Waals surface area contributed by atoms with Gasteiger partial charge in [-0.15, -0.1) is 32.1 Å². The predicted octanol–water partition coefficient (Wildman–Crippen LogP) is -0.680. The van der Waals surface area contributed by atoms with Crippen molar-refractivity contribution in [3.05, 3.63) is 31.5 Å². The van der Waals surface area contributed by atoms with Crippen molar-refractivity contribution >= 4 is 47.5 Å². The van der Waals surface area contributed by atoms with Crippen molar-refractivity contribution in [3.8, 4) is 0 Å². The van der Waals surface area contributed by atoms with Crippen LogP contribution in [0.1, 0.15) is 0 Å². The number of H-pyrrole nitrogens is 1. The lowest BCUT2D eigenvalue weighted by Gasteiger charge is -1.91. The average molecular weight is 326 g/mol. The predicted molar refractivity (Wildman–Crippen MR) is 53.5 cm³/mol. The second-order valence-electron chi connectivity index (χ2n) is 1.58. The highest BCUT2D eigenvalue weighted by atomic mass is 127. The minimum absolute atomic E-state index is 0. The molecule has 0 fully saturated rings. The minimum atomic E-state index is -1.10. The zero-order valence-corrected chi connectivity index (χ0v) is 9.13. The summed E-state index contributed by atoms with van der Waals surface area (Å²) in [6.45, 7) is 0. The molecule has 0 saturated carbocycles. The fourth-order valence-electron chi connectivity index (χ4n) is 0.440. The number of rotatable bonds is 0. The van der Waals surface area contributed by atoms with E-state index in [2.05, 4.69) is 0 Å². The van der Waals surface area contributed by atoms with Crippen molar-refractivity contribution in [2.45, 2.75) is 0 Å². The zero-order valence-electron chi connectivity index (χ0n) is 5.28. The topological polar surface area (TPSA) is 76.9 Å². The Kier molecular flexibility index (Phi) is 4.00. The average Bonchev–Trinajstić information content (AvgIpc) is 1.97. The van der Waals surface area contributed by atoms with Gasteiger partial charge in [0.2, 0.25) is 0 Å². The van der Waals surface area contributed by atoms with Gasteiger partial charge < -0.3 is 0 Å². The molecule has 1 N–H and O–H groups in total. The molecule has 6 nitrogen and oxygen atoms in total. The number of hydrogen-bond donors (Lipinski definition) is 1. The van der Waals surface area contributed by atoms with Crippen LogP contribution in [-0.2, 0) is 0 Å². The summed E-state index contributed by atoms with van der Waals surface area (Å²) in [6.07, 6.45) is 0. The van der Waals surface area contributed by atoms with Crippen molar-refractivity contribution < 1.29 is 0 Å². The third-order valence-electron chi connectivity index (χ3n) is 0.906. The van der Waals surface area contributed by atoms with Crippen molar-refractivity contribution in [1.82, 2.24) is 13.2 Å². The van der Waals surface area contributed by atoms with E-state index < -0.39 is 17.1 Å². The van der Waals surface area contributed by atoms with Crippen LogP contribution in [0.2, 0.25) is 0 Å². The van der Waals surface area contributed by atoms with Crippen molar-refractivity contribution in [2.75, 3.05) is 0 Å². The molecule has 0 unspecified atom stereocenters. The molecule has 0 amide bonds. The van der Waals surface area contributed by atoms with Crippen LogP contribution in [0.5, 0.6) is 0 Å². The quantitative estimate of drug-likeness (QED) is 0.642. The lowest BCUT2D eigenvalue weighted by Crippen LogP contribution is -2.43. The van der Waals surface area contributed by atoms with Crippen molar-refractivity contribution in [2.24, 2.45) is 0 Å². The van der Waals surface area contributed by atoms with E-state index in [1.54, 1.807) is 4.98 Å². The Morgan fingerprint density at radius 3 is 1.67 bits per heavy atom. The highest BCUT2D eigenvalue weighted by Crippen LogP contribution is 1.71. The lowest BCUT2D eigenvalue weighted by molar-refractivity contribution is 0.804. The third kappa shape index (κ3) is 1.90. The SMILES string of the molecule is I.O=c1[nH]c(=O)n(Cl)c(=O)n1Cl. The standard InChI is InChI=1S/C3HCl2N3O3.HI/c4-7-1(9)6-2(10)8(5)3(7)11;/h(H,6,9,10);1H. The Hall–Kier alpha value is -0.280. The molecule has 9 heteroatoms. The number of nitrogens with one attached hydrogen (secondary N) is 1. The largest absolute Gasteiger partial charge is 0.366 e. The molecule has 0 aliphatic carbocycles. The first-order valence-corrected chi connectivity index (χ1v) is 3.02. The summed E-state index contributed by atoms with van der Waals surface area (Å²) in [7, 11) is 0. The molecule has 1 rings (SSSR count). The van der Waals surface area contributed by atoms with Gasteiger partial charge >= 0.3 is 17.1 Å². The second-order valence-corrected chi connectivity index (χ2v) is 2.26. The van der Waals surface area contributed by atoms with Crippen LogP contribution in [-0.4, -0.2) is 13.2 Å². The van der Waals surface area contributed by atoms with E-state index in [0.29, 0.717) is 0 Å². The van der Waals surface area contributed by atoms with Crippen LogP contribution >= 0.6 is 47.5 Å². The van der Waals surface area contributed by atoms with E-state index in [0.717, 1.165) is 0 Å². The van der Waals surface area contributed by atoms with E-state index in [9.17, 15) is 14.4 Å². The van der Waals surface area contributed by atoms with E-state index >= 15 is 0 Å². The smallest absolute Gasteiger partial charge is 0.257 e. The van der Waals surface area contributed by atoms with Gasteiger partial charge in [0.1, 0.15) is 0 Å². The second kappa shape index (κ2) is 4.10. The number of hydrogen-bond acceptors (Lipinski definition) is 3. The van der Waals surface area contributed by atoms with Gasteiger partial charge in [-0.3, -0.25) is 4.98 Å². The van der Waals surface area contributed by atoms with E-state index in [-0.39, 0.29) is 32.1 Å². The maximum absolute atomic E-state index is 10.7. The fraction of sp³-hybridized carbons (Fsp3) is 0. The summed E-state index contributed by atoms with van der Waals surface area (Å²) in [5, 5.41) is 0. The number of aromatic amines is 1. The van der Waals surface area contributed by atoms with Crippen LogP contribution in [0, 0.1) is 0 Å². The summed E-state index contributed by atoms with van der Waals surface area (Å²) in [5.41, 5.74) is -3.13. The molecule has 12 heavy (non-hydrogen) atoms. The van der Waals surface area contributed by atoms with Crippen LogP contribution in [0.3, 0.4) is 0 Å². The van der Waals surface area contributed by atoms with E-state index in [1.807, 2.05) is 0 Å². The van der Waals surface area contributed by atoms with Gasteiger partial charge in [-0.25, -0.2) is 14.4 Å². The molecule has 0 bridgehead atoms. The molecule has 1 aromatic rings. The Bertz CT molecular complexity index is 408. The van der Waals surface area contributed by atoms with Gasteiger partial charge in [0.15, 0.2) is 0 Å².